The number of non-ortho nitro benzene ring substituents is 2. The van der Waals surface area contributed by atoms with Crippen molar-refractivity contribution in [3.05, 3.63) is 99.9 Å². The summed E-state index contributed by atoms with van der Waals surface area (Å²) >= 11 is 0. The highest BCUT2D eigenvalue weighted by Crippen LogP contribution is 2.44. The number of benzene rings is 3. The quantitative estimate of drug-likeness (QED) is 0.271. The first-order valence-corrected chi connectivity index (χ1v) is 9.21. The highest BCUT2D eigenvalue weighted by molar-refractivity contribution is 5.58. The summed E-state index contributed by atoms with van der Waals surface area (Å²) in [6, 6.07) is 3.75. The molecule has 0 heterocycles. The summed E-state index contributed by atoms with van der Waals surface area (Å²) in [4.78, 5) is 40.1. The zero-order chi connectivity index (χ0) is 26.9. The molecule has 0 amide bonds. The van der Waals surface area contributed by atoms with E-state index < -0.39 is 88.5 Å². The fraction of sp³-hybridized carbons (Fsp3) is 0.0526. The van der Waals surface area contributed by atoms with Crippen LogP contribution >= 0.6 is 0 Å². The first-order chi connectivity index (χ1) is 16.8. The van der Waals surface area contributed by atoms with Gasteiger partial charge in [0.25, 0.3) is 11.4 Å². The van der Waals surface area contributed by atoms with Crippen molar-refractivity contribution in [2.45, 2.75) is 6.92 Å². The van der Waals surface area contributed by atoms with Crippen LogP contribution in [0.15, 0.2) is 36.4 Å². The van der Waals surface area contributed by atoms with Gasteiger partial charge < -0.3 is 9.47 Å². The monoisotopic (exact) mass is 510 g/mol. The molecule has 3 rings (SSSR count). The van der Waals surface area contributed by atoms with Crippen molar-refractivity contribution in [2.24, 2.45) is 0 Å². The summed E-state index contributed by atoms with van der Waals surface area (Å²) in [5.74, 6) is -9.82. The Kier molecular flexibility index (Phi) is 6.66. The maximum absolute atomic E-state index is 15.1. The van der Waals surface area contributed by atoms with Crippen molar-refractivity contribution in [2.75, 3.05) is 0 Å². The molecule has 0 unspecified atom stereocenters. The number of hydrogen-bond donors (Lipinski definition) is 0. The predicted octanol–water partition coefficient (Wildman–Crippen LogP) is 5.63. The van der Waals surface area contributed by atoms with E-state index in [2.05, 4.69) is 0 Å². The molecule has 0 radical (unpaired) electrons. The fourth-order valence-electron chi connectivity index (χ4n) is 2.83. The van der Waals surface area contributed by atoms with Crippen LogP contribution in [0, 0.1) is 64.8 Å². The van der Waals surface area contributed by atoms with Crippen LogP contribution in [0.1, 0.15) is 5.56 Å². The van der Waals surface area contributed by atoms with Gasteiger partial charge in [0.2, 0.25) is 28.8 Å². The lowest BCUT2D eigenvalue weighted by Gasteiger charge is -2.15. The van der Waals surface area contributed by atoms with E-state index in [0.717, 1.165) is 19.1 Å². The first kappa shape index (κ1) is 25.3. The molecule has 3 aromatic rings. The fourth-order valence-corrected chi connectivity index (χ4v) is 2.83. The number of hydrogen-bond acceptors (Lipinski definition) is 10. The van der Waals surface area contributed by atoms with Gasteiger partial charge in [-0.2, -0.15) is 4.39 Å². The Morgan fingerprint density at radius 2 is 0.972 bits per heavy atom. The molecule has 3 aromatic carbocycles. The predicted molar refractivity (Wildman–Crippen MR) is 111 cm³/mol. The molecule has 17 heteroatoms. The van der Waals surface area contributed by atoms with E-state index in [4.69, 9.17) is 9.47 Å². The number of nitro benzene ring substituents is 4. The number of nitro groups is 4. The van der Waals surface area contributed by atoms with Gasteiger partial charge in [-0.3, -0.25) is 40.5 Å². The Labute approximate surface area is 195 Å². The zero-order valence-corrected chi connectivity index (χ0v) is 17.5. The highest BCUT2D eigenvalue weighted by atomic mass is 19.1. The van der Waals surface area contributed by atoms with Crippen LogP contribution in [0.3, 0.4) is 0 Å². The number of nitrogens with zero attached hydrogens (tertiary/aromatic N) is 4. The molecule has 0 bridgehead atoms. The first-order valence-electron chi connectivity index (χ1n) is 9.21. The minimum Gasteiger partial charge on any atom is -0.444 e. The van der Waals surface area contributed by atoms with E-state index >= 15 is 4.39 Å². The number of ether oxygens (including phenoxy) is 2. The van der Waals surface area contributed by atoms with E-state index in [9.17, 15) is 49.2 Å². The zero-order valence-electron chi connectivity index (χ0n) is 17.5. The van der Waals surface area contributed by atoms with Crippen molar-refractivity contribution < 1.29 is 42.3 Å². The van der Waals surface area contributed by atoms with Gasteiger partial charge in [-0.25, -0.2) is 8.78 Å². The van der Waals surface area contributed by atoms with E-state index in [-0.39, 0.29) is 0 Å². The van der Waals surface area contributed by atoms with Gasteiger partial charge in [0.1, 0.15) is 0 Å². The SMILES string of the molecule is Cc1c(F)c(Oc2ccc([N+](=O)[O-])cc2[N+](=O)[O-])c(F)c(Oc2ccc([N+](=O)[O-])cc2[N+](=O)[O-])c1F. The molecule has 0 aliphatic rings. The Bertz CT molecular complexity index is 1360. The molecule has 0 aromatic heterocycles. The van der Waals surface area contributed by atoms with Gasteiger partial charge in [-0.05, 0) is 19.1 Å². The minimum atomic E-state index is -1.92. The lowest BCUT2D eigenvalue weighted by atomic mass is 10.1. The average Bonchev–Trinajstić information content (AvgIpc) is 2.82. The summed E-state index contributed by atoms with van der Waals surface area (Å²) in [5, 5.41) is 44.3. The maximum Gasteiger partial charge on any atom is 0.318 e. The van der Waals surface area contributed by atoms with Crippen LogP contribution in [0.5, 0.6) is 23.0 Å². The van der Waals surface area contributed by atoms with Gasteiger partial charge in [-0.1, -0.05) is 0 Å². The summed E-state index contributed by atoms with van der Waals surface area (Å²) in [5.41, 5.74) is -4.51. The van der Waals surface area contributed by atoms with Crippen molar-refractivity contribution in [1.29, 1.82) is 0 Å². The van der Waals surface area contributed by atoms with Crippen molar-refractivity contribution in [3.63, 3.8) is 0 Å². The molecule has 0 spiro atoms. The second kappa shape index (κ2) is 9.49. The molecule has 36 heavy (non-hydrogen) atoms. The summed E-state index contributed by atoms with van der Waals surface area (Å²) in [6.07, 6.45) is 0. The molecule has 186 valence electrons. The molecule has 0 saturated heterocycles. The van der Waals surface area contributed by atoms with Crippen LogP contribution < -0.4 is 9.47 Å². The maximum atomic E-state index is 15.1. The average molecular weight is 510 g/mol. The molecule has 0 N–H and O–H groups in total. The second-order valence-electron chi connectivity index (χ2n) is 6.76. The lowest BCUT2D eigenvalue weighted by molar-refractivity contribution is -0.394. The lowest BCUT2D eigenvalue weighted by Crippen LogP contribution is -2.05. The van der Waals surface area contributed by atoms with Crippen molar-refractivity contribution in [3.8, 4) is 23.0 Å². The molecule has 0 atom stereocenters. The summed E-state index contributed by atoms with van der Waals surface area (Å²) in [6.45, 7) is 0.804. The van der Waals surface area contributed by atoms with Crippen LogP contribution in [-0.2, 0) is 0 Å². The van der Waals surface area contributed by atoms with Crippen LogP contribution in [0.25, 0.3) is 0 Å². The Morgan fingerprint density at radius 3 is 1.28 bits per heavy atom. The third-order valence-corrected chi connectivity index (χ3v) is 4.58. The molecular formula is C19H9F3N4O10. The van der Waals surface area contributed by atoms with E-state index in [1.165, 1.54) is 0 Å². The second-order valence-corrected chi connectivity index (χ2v) is 6.76. The van der Waals surface area contributed by atoms with Gasteiger partial charge in [0.05, 0.1) is 31.8 Å². The van der Waals surface area contributed by atoms with Crippen LogP contribution in [-0.4, -0.2) is 19.7 Å². The molecule has 0 aliphatic heterocycles. The molecule has 14 nitrogen and oxygen atoms in total. The Hall–Kier alpha value is -5.35. The Balaban J connectivity index is 2.15. The number of rotatable bonds is 8. The van der Waals surface area contributed by atoms with E-state index in [0.29, 0.717) is 24.3 Å². The molecule has 0 saturated carbocycles. The molecule has 0 aliphatic carbocycles. The van der Waals surface area contributed by atoms with Crippen molar-refractivity contribution >= 4 is 22.7 Å². The van der Waals surface area contributed by atoms with Crippen LogP contribution in [0.2, 0.25) is 0 Å². The minimum absolute atomic E-state index is 0.458. The summed E-state index contributed by atoms with van der Waals surface area (Å²) < 4.78 is 54.4. The standard InChI is InChI=1S/C19H9F3N4O10/c1-8-15(20)18(35-13-4-2-9(23(27)28)6-11(13)25(31)32)17(22)19(16(8)21)36-14-5-3-10(24(29)30)7-12(14)26(33)34/h2-7H,1H3. The highest BCUT2D eigenvalue weighted by Gasteiger charge is 2.31. The van der Waals surface area contributed by atoms with E-state index in [1.807, 2.05) is 0 Å². The Morgan fingerprint density at radius 1 is 0.611 bits per heavy atom. The number of halogens is 3. The largest absolute Gasteiger partial charge is 0.444 e. The van der Waals surface area contributed by atoms with Crippen molar-refractivity contribution in [1.82, 2.24) is 0 Å². The van der Waals surface area contributed by atoms with Gasteiger partial charge in [-0.15, -0.1) is 0 Å². The normalized spacial score (nSPS) is 10.6. The summed E-state index contributed by atoms with van der Waals surface area (Å²) in [7, 11) is 0. The van der Waals surface area contributed by atoms with E-state index in [1.54, 1.807) is 0 Å². The smallest absolute Gasteiger partial charge is 0.318 e. The molecule has 0 fully saturated rings. The van der Waals surface area contributed by atoms with Gasteiger partial charge in [0, 0.05) is 17.7 Å². The topological polar surface area (TPSA) is 191 Å². The third-order valence-electron chi connectivity index (χ3n) is 4.58. The van der Waals surface area contributed by atoms with Crippen LogP contribution in [0.4, 0.5) is 35.9 Å². The molecular weight excluding hydrogens is 501 g/mol. The van der Waals surface area contributed by atoms with Gasteiger partial charge >= 0.3 is 11.4 Å². The third kappa shape index (κ3) is 4.65. The van der Waals surface area contributed by atoms with Gasteiger partial charge in [0.15, 0.2) is 11.6 Å².